The Bertz CT molecular complexity index is 668. The second-order valence-electron chi connectivity index (χ2n) is 6.80. The van der Waals surface area contributed by atoms with E-state index in [-0.39, 0.29) is 17.9 Å². The SMILES string of the molecule is COc1cc(OC)cc(N2CCC(N(C)C(=O)CC3COCCN3)C2=O)c1. The third kappa shape index (κ3) is 4.33. The molecule has 148 valence electrons. The first kappa shape index (κ1) is 19.4. The van der Waals surface area contributed by atoms with Crippen LogP contribution in [0.3, 0.4) is 0 Å². The molecule has 2 unspecified atom stereocenters. The van der Waals surface area contributed by atoms with Crippen LogP contribution < -0.4 is 19.7 Å². The van der Waals surface area contributed by atoms with Gasteiger partial charge in [-0.05, 0) is 6.42 Å². The number of ether oxygens (including phenoxy) is 3. The predicted octanol–water partition coefficient (Wildman–Crippen LogP) is 0.646. The van der Waals surface area contributed by atoms with Crippen molar-refractivity contribution >= 4 is 17.5 Å². The van der Waals surface area contributed by atoms with Crippen molar-refractivity contribution in [2.24, 2.45) is 0 Å². The van der Waals surface area contributed by atoms with Crippen molar-refractivity contribution in [3.05, 3.63) is 18.2 Å². The zero-order chi connectivity index (χ0) is 19.4. The second kappa shape index (κ2) is 8.58. The number of carbonyl (C=O) groups excluding carboxylic acids is 2. The summed E-state index contributed by atoms with van der Waals surface area (Å²) < 4.78 is 16.0. The summed E-state index contributed by atoms with van der Waals surface area (Å²) in [6.07, 6.45) is 0.919. The number of anilines is 1. The van der Waals surface area contributed by atoms with Crippen LogP contribution >= 0.6 is 0 Å². The number of nitrogens with zero attached hydrogens (tertiary/aromatic N) is 2. The van der Waals surface area contributed by atoms with Gasteiger partial charge in [-0.1, -0.05) is 0 Å². The lowest BCUT2D eigenvalue weighted by Crippen LogP contribution is -2.48. The van der Waals surface area contributed by atoms with Crippen LogP contribution in [0, 0.1) is 0 Å². The van der Waals surface area contributed by atoms with Crippen LogP contribution in [0.25, 0.3) is 0 Å². The van der Waals surface area contributed by atoms with Crippen molar-refractivity contribution < 1.29 is 23.8 Å². The minimum absolute atomic E-state index is 0.00366. The predicted molar refractivity (Wildman–Crippen MR) is 100 cm³/mol. The first-order valence-electron chi connectivity index (χ1n) is 9.14. The molecular weight excluding hydrogens is 350 g/mol. The lowest BCUT2D eigenvalue weighted by atomic mass is 10.1. The van der Waals surface area contributed by atoms with Crippen molar-refractivity contribution in [1.29, 1.82) is 0 Å². The van der Waals surface area contributed by atoms with Crippen LogP contribution in [0.15, 0.2) is 18.2 Å². The van der Waals surface area contributed by atoms with E-state index >= 15 is 0 Å². The number of nitrogens with one attached hydrogen (secondary N) is 1. The maximum absolute atomic E-state index is 13.0. The van der Waals surface area contributed by atoms with E-state index in [2.05, 4.69) is 5.32 Å². The Morgan fingerprint density at radius 2 is 2.00 bits per heavy atom. The zero-order valence-corrected chi connectivity index (χ0v) is 16.1. The minimum Gasteiger partial charge on any atom is -0.497 e. The molecule has 0 saturated carbocycles. The summed E-state index contributed by atoms with van der Waals surface area (Å²) in [5, 5.41) is 3.27. The van der Waals surface area contributed by atoms with E-state index in [1.54, 1.807) is 49.3 Å². The molecule has 1 aromatic carbocycles. The normalized spacial score (nSPS) is 22.6. The van der Waals surface area contributed by atoms with Crippen molar-refractivity contribution in [3.63, 3.8) is 0 Å². The van der Waals surface area contributed by atoms with E-state index in [0.717, 1.165) is 6.54 Å². The average Bonchev–Trinajstić information content (AvgIpc) is 3.08. The number of benzene rings is 1. The molecule has 0 aliphatic carbocycles. The quantitative estimate of drug-likeness (QED) is 0.784. The molecule has 0 radical (unpaired) electrons. The second-order valence-corrected chi connectivity index (χ2v) is 6.80. The lowest BCUT2D eigenvalue weighted by molar-refractivity contribution is -0.137. The summed E-state index contributed by atoms with van der Waals surface area (Å²) in [5.74, 6) is 1.09. The number of methoxy groups -OCH3 is 2. The van der Waals surface area contributed by atoms with Gasteiger partial charge < -0.3 is 29.3 Å². The van der Waals surface area contributed by atoms with Gasteiger partial charge in [-0.25, -0.2) is 0 Å². The zero-order valence-electron chi connectivity index (χ0n) is 16.1. The van der Waals surface area contributed by atoms with Gasteiger partial charge in [0.05, 0.1) is 33.1 Å². The molecule has 0 bridgehead atoms. The van der Waals surface area contributed by atoms with Crippen LogP contribution in [-0.4, -0.2) is 76.4 Å². The third-order valence-electron chi connectivity index (χ3n) is 5.11. The molecule has 0 spiro atoms. The van der Waals surface area contributed by atoms with Gasteiger partial charge in [0.2, 0.25) is 11.8 Å². The topological polar surface area (TPSA) is 80.3 Å². The highest BCUT2D eigenvalue weighted by atomic mass is 16.5. The van der Waals surface area contributed by atoms with E-state index in [1.807, 2.05) is 0 Å². The number of rotatable bonds is 6. The number of amides is 2. The Morgan fingerprint density at radius 3 is 2.59 bits per heavy atom. The molecule has 8 heteroatoms. The third-order valence-corrected chi connectivity index (χ3v) is 5.11. The van der Waals surface area contributed by atoms with Gasteiger partial charge in [0.1, 0.15) is 17.5 Å². The van der Waals surface area contributed by atoms with Gasteiger partial charge in [0.15, 0.2) is 0 Å². The molecule has 2 aliphatic heterocycles. The molecule has 2 amide bonds. The van der Waals surface area contributed by atoms with Crippen molar-refractivity contribution in [3.8, 4) is 11.5 Å². The van der Waals surface area contributed by atoms with Gasteiger partial charge >= 0.3 is 0 Å². The number of carbonyl (C=O) groups is 2. The fraction of sp³-hybridized carbons (Fsp3) is 0.579. The number of hydrogen-bond donors (Lipinski definition) is 1. The van der Waals surface area contributed by atoms with E-state index in [9.17, 15) is 9.59 Å². The standard InChI is InChI=1S/C19H27N3O5/c1-21(18(23)8-13-12-27-7-5-20-13)17-4-6-22(19(17)24)14-9-15(25-2)11-16(10-14)26-3/h9-11,13,17,20H,4-8,12H2,1-3H3. The minimum atomic E-state index is -0.459. The molecule has 2 saturated heterocycles. The number of likely N-dealkylation sites (N-methyl/N-ethyl adjacent to an activating group) is 1. The van der Waals surface area contributed by atoms with Crippen LogP contribution in [0.1, 0.15) is 12.8 Å². The highest BCUT2D eigenvalue weighted by Crippen LogP contribution is 2.31. The number of hydrogen-bond acceptors (Lipinski definition) is 6. The van der Waals surface area contributed by atoms with Gasteiger partial charge in [-0.2, -0.15) is 0 Å². The van der Waals surface area contributed by atoms with Crippen molar-refractivity contribution in [2.45, 2.75) is 24.9 Å². The summed E-state index contributed by atoms with van der Waals surface area (Å²) in [6, 6.07) is 4.90. The molecule has 1 aromatic rings. The number of morpholine rings is 1. The fourth-order valence-corrected chi connectivity index (χ4v) is 3.51. The van der Waals surface area contributed by atoms with Gasteiger partial charge in [0, 0.05) is 50.8 Å². The molecule has 27 heavy (non-hydrogen) atoms. The van der Waals surface area contributed by atoms with E-state index in [4.69, 9.17) is 14.2 Å². The molecular formula is C19H27N3O5. The smallest absolute Gasteiger partial charge is 0.249 e. The summed E-state index contributed by atoms with van der Waals surface area (Å²) in [7, 11) is 4.84. The van der Waals surface area contributed by atoms with Crippen molar-refractivity contribution in [2.75, 3.05) is 52.5 Å². The maximum Gasteiger partial charge on any atom is 0.249 e. The Morgan fingerprint density at radius 1 is 1.30 bits per heavy atom. The van der Waals surface area contributed by atoms with Gasteiger partial charge in [-0.15, -0.1) is 0 Å². The largest absolute Gasteiger partial charge is 0.497 e. The van der Waals surface area contributed by atoms with Crippen molar-refractivity contribution in [1.82, 2.24) is 10.2 Å². The summed E-state index contributed by atoms with van der Waals surface area (Å²) in [6.45, 7) is 2.48. The Balaban J connectivity index is 1.67. The molecule has 2 atom stereocenters. The molecule has 2 heterocycles. The fourth-order valence-electron chi connectivity index (χ4n) is 3.51. The highest BCUT2D eigenvalue weighted by Gasteiger charge is 2.38. The molecule has 0 aromatic heterocycles. The first-order valence-corrected chi connectivity index (χ1v) is 9.14. The van der Waals surface area contributed by atoms with Crippen LogP contribution in [0.4, 0.5) is 5.69 Å². The molecule has 8 nitrogen and oxygen atoms in total. The van der Waals surface area contributed by atoms with Gasteiger partial charge in [0.25, 0.3) is 0 Å². The van der Waals surface area contributed by atoms with Gasteiger partial charge in [-0.3, -0.25) is 9.59 Å². The van der Waals surface area contributed by atoms with E-state index < -0.39 is 6.04 Å². The Labute approximate surface area is 159 Å². The molecule has 1 N–H and O–H groups in total. The van der Waals surface area contributed by atoms with Crippen LogP contribution in [0.5, 0.6) is 11.5 Å². The molecule has 3 rings (SSSR count). The highest BCUT2D eigenvalue weighted by molar-refractivity contribution is 6.01. The molecule has 2 fully saturated rings. The van der Waals surface area contributed by atoms with Crippen LogP contribution in [-0.2, 0) is 14.3 Å². The summed E-state index contributed by atoms with van der Waals surface area (Å²) in [4.78, 5) is 28.8. The van der Waals surface area contributed by atoms with Crippen LogP contribution in [0.2, 0.25) is 0 Å². The average molecular weight is 377 g/mol. The van der Waals surface area contributed by atoms with E-state index in [0.29, 0.717) is 49.8 Å². The lowest BCUT2D eigenvalue weighted by Gasteiger charge is -2.28. The monoisotopic (exact) mass is 377 g/mol. The Hall–Kier alpha value is -2.32. The Kier molecular flexibility index (Phi) is 6.18. The maximum atomic E-state index is 13.0. The summed E-state index contributed by atoms with van der Waals surface area (Å²) in [5.41, 5.74) is 0.710. The van der Waals surface area contributed by atoms with E-state index in [1.165, 1.54) is 0 Å². The first-order chi connectivity index (χ1) is 13.0. The molecule has 2 aliphatic rings. The summed E-state index contributed by atoms with van der Waals surface area (Å²) >= 11 is 0.